The van der Waals surface area contributed by atoms with Crippen LogP contribution in [-0.4, -0.2) is 41.2 Å². The van der Waals surface area contributed by atoms with Crippen LogP contribution in [0.2, 0.25) is 0 Å². The summed E-state index contributed by atoms with van der Waals surface area (Å²) in [5.41, 5.74) is 6.36. The summed E-state index contributed by atoms with van der Waals surface area (Å²) in [6.45, 7) is 5.30. The monoisotopic (exact) mass is 392 g/mol. The van der Waals surface area contributed by atoms with Crippen LogP contribution in [0.1, 0.15) is 32.4 Å². The van der Waals surface area contributed by atoms with Gasteiger partial charge in [-0.15, -0.1) is 0 Å². The minimum absolute atomic E-state index is 0.0124. The van der Waals surface area contributed by atoms with Gasteiger partial charge in [-0.2, -0.15) is 0 Å². The molecule has 0 aromatic carbocycles. The minimum Gasteiger partial charge on any atom is -0.468 e. The number of carbonyl (C=O) groups excluding carboxylic acids is 3. The predicted molar refractivity (Wildman–Crippen MR) is 96.9 cm³/mol. The number of esters is 2. The van der Waals surface area contributed by atoms with Crippen LogP contribution in [0.15, 0.2) is 44.8 Å². The topological polar surface area (TPSA) is 112 Å². The van der Waals surface area contributed by atoms with Crippen LogP contribution in [-0.2, 0) is 23.9 Å². The molecule has 27 heavy (non-hydrogen) atoms. The normalized spacial score (nSPS) is 22.2. The number of fused-ring (bicyclic) bond motifs is 1. The minimum atomic E-state index is -0.921. The second-order valence-corrected chi connectivity index (χ2v) is 7.17. The van der Waals surface area contributed by atoms with Gasteiger partial charge in [-0.1, -0.05) is 11.8 Å². The SMILES string of the molecule is CCOC(=O)C1=C(N)N2C(=O)C(C)SC2=C(C(=O)OCC)C1c1ccco1. The number of hydrogen-bond donors (Lipinski definition) is 1. The number of rotatable bonds is 5. The molecule has 3 heterocycles. The van der Waals surface area contributed by atoms with E-state index in [0.717, 1.165) is 0 Å². The van der Waals surface area contributed by atoms with Gasteiger partial charge in [0.2, 0.25) is 5.91 Å². The van der Waals surface area contributed by atoms with E-state index in [4.69, 9.17) is 19.6 Å². The Hall–Kier alpha value is -2.68. The van der Waals surface area contributed by atoms with Crippen molar-refractivity contribution in [1.29, 1.82) is 0 Å². The molecule has 2 atom stereocenters. The van der Waals surface area contributed by atoms with E-state index in [1.54, 1.807) is 32.9 Å². The molecule has 2 aliphatic rings. The Balaban J connectivity index is 2.26. The van der Waals surface area contributed by atoms with Crippen molar-refractivity contribution in [3.05, 3.63) is 46.2 Å². The molecule has 3 rings (SSSR count). The molecular weight excluding hydrogens is 372 g/mol. The number of thioether (sulfide) groups is 1. The Kier molecular flexibility index (Phi) is 5.31. The van der Waals surface area contributed by atoms with Crippen LogP contribution in [0.25, 0.3) is 0 Å². The molecule has 2 N–H and O–H groups in total. The molecular formula is C18H20N2O6S. The first-order chi connectivity index (χ1) is 12.9. The number of ether oxygens (including phenoxy) is 2. The molecule has 8 nitrogen and oxygen atoms in total. The second-order valence-electron chi connectivity index (χ2n) is 5.84. The van der Waals surface area contributed by atoms with E-state index < -0.39 is 23.1 Å². The maximum atomic E-state index is 12.8. The smallest absolute Gasteiger partial charge is 0.338 e. The molecule has 1 aromatic heterocycles. The molecule has 0 spiro atoms. The summed E-state index contributed by atoms with van der Waals surface area (Å²) < 4.78 is 15.8. The number of furan rings is 1. The first-order valence-corrected chi connectivity index (χ1v) is 9.42. The van der Waals surface area contributed by atoms with Crippen molar-refractivity contribution in [3.8, 4) is 0 Å². The van der Waals surface area contributed by atoms with E-state index in [2.05, 4.69) is 0 Å². The third kappa shape index (κ3) is 3.12. The van der Waals surface area contributed by atoms with Gasteiger partial charge in [0.05, 0.1) is 46.8 Å². The lowest BCUT2D eigenvalue weighted by Crippen LogP contribution is -2.40. The summed E-state index contributed by atoms with van der Waals surface area (Å²) in [5.74, 6) is -2.30. The summed E-state index contributed by atoms with van der Waals surface area (Å²) in [6.07, 6.45) is 1.43. The Bertz CT molecular complexity index is 842. The van der Waals surface area contributed by atoms with Crippen molar-refractivity contribution in [2.24, 2.45) is 5.73 Å². The van der Waals surface area contributed by atoms with Gasteiger partial charge in [-0.25, -0.2) is 9.59 Å². The quantitative estimate of drug-likeness (QED) is 0.756. The maximum Gasteiger partial charge on any atom is 0.338 e. The fourth-order valence-electron chi connectivity index (χ4n) is 3.09. The Morgan fingerprint density at radius 3 is 2.41 bits per heavy atom. The number of amides is 1. The standard InChI is InChI=1S/C18H20N2O6S/c1-4-24-17(22)12-11(10-7-6-8-26-10)13(18(23)25-5-2)16-20(14(12)19)15(21)9(3)27-16/h6-9,11H,4-5,19H2,1-3H3. The molecule has 144 valence electrons. The summed E-state index contributed by atoms with van der Waals surface area (Å²) in [7, 11) is 0. The van der Waals surface area contributed by atoms with Crippen LogP contribution in [0.4, 0.5) is 0 Å². The number of hydrogen-bond acceptors (Lipinski definition) is 8. The van der Waals surface area contributed by atoms with Crippen molar-refractivity contribution < 1.29 is 28.3 Å². The van der Waals surface area contributed by atoms with Gasteiger partial charge < -0.3 is 19.6 Å². The zero-order chi connectivity index (χ0) is 19.7. The highest BCUT2D eigenvalue weighted by molar-refractivity contribution is 8.04. The van der Waals surface area contributed by atoms with E-state index in [0.29, 0.717) is 10.8 Å². The number of carbonyl (C=O) groups is 3. The van der Waals surface area contributed by atoms with Crippen molar-refractivity contribution >= 4 is 29.6 Å². The molecule has 0 radical (unpaired) electrons. The van der Waals surface area contributed by atoms with E-state index in [9.17, 15) is 14.4 Å². The fraction of sp³-hybridized carbons (Fsp3) is 0.389. The summed E-state index contributed by atoms with van der Waals surface area (Å²) in [4.78, 5) is 39.3. The van der Waals surface area contributed by atoms with Crippen LogP contribution in [0.3, 0.4) is 0 Å². The lowest BCUT2D eigenvalue weighted by Gasteiger charge is -2.32. The summed E-state index contributed by atoms with van der Waals surface area (Å²) in [5, 5.41) is -0.0975. The van der Waals surface area contributed by atoms with Crippen molar-refractivity contribution in [3.63, 3.8) is 0 Å². The Labute approximate surface area is 160 Å². The van der Waals surface area contributed by atoms with Crippen LogP contribution < -0.4 is 5.73 Å². The predicted octanol–water partition coefficient (Wildman–Crippen LogP) is 1.85. The van der Waals surface area contributed by atoms with Gasteiger partial charge in [0.25, 0.3) is 0 Å². The highest BCUT2D eigenvalue weighted by Gasteiger charge is 2.49. The van der Waals surface area contributed by atoms with E-state index in [1.807, 2.05) is 0 Å². The summed E-state index contributed by atoms with van der Waals surface area (Å²) in [6, 6.07) is 3.28. The van der Waals surface area contributed by atoms with Gasteiger partial charge in [0, 0.05) is 0 Å². The van der Waals surface area contributed by atoms with Gasteiger partial charge in [0.1, 0.15) is 11.6 Å². The van der Waals surface area contributed by atoms with Gasteiger partial charge in [-0.3, -0.25) is 9.69 Å². The molecule has 1 fully saturated rings. The molecule has 1 saturated heterocycles. The third-order valence-electron chi connectivity index (χ3n) is 4.20. The Morgan fingerprint density at radius 2 is 1.85 bits per heavy atom. The first-order valence-electron chi connectivity index (χ1n) is 8.54. The summed E-state index contributed by atoms with van der Waals surface area (Å²) >= 11 is 1.20. The van der Waals surface area contributed by atoms with E-state index >= 15 is 0 Å². The van der Waals surface area contributed by atoms with Crippen molar-refractivity contribution in [2.75, 3.05) is 13.2 Å². The highest BCUT2D eigenvalue weighted by atomic mass is 32.2. The molecule has 9 heteroatoms. The first kappa shape index (κ1) is 19.1. The van der Waals surface area contributed by atoms with Crippen LogP contribution in [0, 0.1) is 0 Å². The van der Waals surface area contributed by atoms with E-state index in [-0.39, 0.29) is 36.1 Å². The molecule has 0 aliphatic carbocycles. The molecule has 2 aliphatic heterocycles. The van der Waals surface area contributed by atoms with Crippen LogP contribution >= 0.6 is 11.8 Å². The lowest BCUT2D eigenvalue weighted by molar-refractivity contribution is -0.139. The number of nitrogens with two attached hydrogens (primary N) is 1. The molecule has 2 unspecified atom stereocenters. The molecule has 0 bridgehead atoms. The van der Waals surface area contributed by atoms with Crippen molar-refractivity contribution in [2.45, 2.75) is 31.9 Å². The third-order valence-corrected chi connectivity index (χ3v) is 5.38. The zero-order valence-corrected chi connectivity index (χ0v) is 16.0. The lowest BCUT2D eigenvalue weighted by atomic mass is 9.86. The van der Waals surface area contributed by atoms with Gasteiger partial charge in [0.15, 0.2) is 0 Å². The molecule has 0 saturated carbocycles. The highest BCUT2D eigenvalue weighted by Crippen LogP contribution is 2.49. The largest absolute Gasteiger partial charge is 0.468 e. The van der Waals surface area contributed by atoms with Crippen LogP contribution in [0.5, 0.6) is 0 Å². The van der Waals surface area contributed by atoms with E-state index in [1.165, 1.54) is 22.9 Å². The molecule has 1 aromatic rings. The maximum absolute atomic E-state index is 12.8. The average Bonchev–Trinajstić information content (AvgIpc) is 3.24. The van der Waals surface area contributed by atoms with Gasteiger partial charge in [-0.05, 0) is 32.9 Å². The Morgan fingerprint density at radius 1 is 1.22 bits per heavy atom. The molecule has 1 amide bonds. The fourth-order valence-corrected chi connectivity index (χ4v) is 4.25. The average molecular weight is 392 g/mol. The zero-order valence-electron chi connectivity index (χ0n) is 15.2. The van der Waals surface area contributed by atoms with Gasteiger partial charge >= 0.3 is 11.9 Å². The second kappa shape index (κ2) is 7.51. The van der Waals surface area contributed by atoms with Crippen molar-refractivity contribution in [1.82, 2.24) is 4.90 Å². The number of nitrogens with zero attached hydrogens (tertiary/aromatic N) is 1.